The van der Waals surface area contributed by atoms with Crippen molar-refractivity contribution in [1.82, 2.24) is 9.78 Å². The van der Waals surface area contributed by atoms with Crippen LogP contribution in [0.15, 0.2) is 97.1 Å². The number of carboxylic acid groups (broad SMARTS) is 1. The zero-order chi connectivity index (χ0) is 27.9. The van der Waals surface area contributed by atoms with Gasteiger partial charge < -0.3 is 9.84 Å². The van der Waals surface area contributed by atoms with E-state index in [0.29, 0.717) is 41.8 Å². The molecule has 1 fully saturated rings. The van der Waals surface area contributed by atoms with Gasteiger partial charge in [0.25, 0.3) is 0 Å². The van der Waals surface area contributed by atoms with Crippen LogP contribution >= 0.6 is 0 Å². The molecule has 0 amide bonds. The molecule has 5 aromatic rings. The summed E-state index contributed by atoms with van der Waals surface area (Å²) < 4.78 is 49.2. The summed E-state index contributed by atoms with van der Waals surface area (Å²) in [5.41, 5.74) is 2.22. The molecule has 40 heavy (non-hydrogen) atoms. The molecule has 202 valence electrons. The minimum absolute atomic E-state index is 0.0952. The van der Waals surface area contributed by atoms with Crippen LogP contribution in [0.1, 0.15) is 35.1 Å². The second-order valence-corrected chi connectivity index (χ2v) is 10.1. The maximum Gasteiger partial charge on any atom is 0.418 e. The molecule has 5 nitrogen and oxygen atoms in total. The van der Waals surface area contributed by atoms with Crippen molar-refractivity contribution < 1.29 is 27.8 Å². The van der Waals surface area contributed by atoms with Gasteiger partial charge in [0.2, 0.25) is 0 Å². The Morgan fingerprint density at radius 3 is 2.30 bits per heavy atom. The van der Waals surface area contributed by atoms with Crippen LogP contribution in [0.4, 0.5) is 13.2 Å². The van der Waals surface area contributed by atoms with E-state index in [-0.39, 0.29) is 12.1 Å². The van der Waals surface area contributed by atoms with Gasteiger partial charge in [0.1, 0.15) is 17.9 Å². The molecular weight excluding hydrogens is 517 g/mol. The molecule has 1 aliphatic rings. The lowest BCUT2D eigenvalue weighted by atomic mass is 9.95. The smallest absolute Gasteiger partial charge is 0.418 e. The van der Waals surface area contributed by atoms with Gasteiger partial charge in [-0.15, -0.1) is 0 Å². The molecule has 1 aromatic heterocycles. The Morgan fingerprint density at radius 1 is 0.900 bits per heavy atom. The van der Waals surface area contributed by atoms with Crippen molar-refractivity contribution in [2.75, 3.05) is 0 Å². The van der Waals surface area contributed by atoms with Gasteiger partial charge in [0.15, 0.2) is 0 Å². The molecule has 0 saturated heterocycles. The Kier molecular flexibility index (Phi) is 6.33. The van der Waals surface area contributed by atoms with E-state index in [2.05, 4.69) is 5.10 Å². The third-order valence-corrected chi connectivity index (χ3v) is 7.43. The predicted octanol–water partition coefficient (Wildman–Crippen LogP) is 7.47. The number of halogens is 3. The lowest BCUT2D eigenvalue weighted by Gasteiger charge is -2.13. The first-order valence-electron chi connectivity index (χ1n) is 12.9. The minimum atomic E-state index is -4.53. The summed E-state index contributed by atoms with van der Waals surface area (Å²) in [7, 11) is 0. The summed E-state index contributed by atoms with van der Waals surface area (Å²) in [5.74, 6) is -0.243. The molecule has 0 radical (unpaired) electrons. The van der Waals surface area contributed by atoms with Gasteiger partial charge in [-0.05, 0) is 47.7 Å². The van der Waals surface area contributed by atoms with E-state index >= 15 is 0 Å². The van der Waals surface area contributed by atoms with E-state index in [0.717, 1.165) is 22.8 Å². The summed E-state index contributed by atoms with van der Waals surface area (Å²) in [6, 6.07) is 28.2. The second kappa shape index (κ2) is 9.86. The topological polar surface area (TPSA) is 64.3 Å². The van der Waals surface area contributed by atoms with Gasteiger partial charge >= 0.3 is 12.1 Å². The van der Waals surface area contributed by atoms with Gasteiger partial charge in [-0.1, -0.05) is 78.9 Å². The Morgan fingerprint density at radius 2 is 1.62 bits per heavy atom. The van der Waals surface area contributed by atoms with Crippen LogP contribution in [-0.4, -0.2) is 20.9 Å². The Balaban J connectivity index is 1.32. The maximum atomic E-state index is 13.8. The average molecular weight is 543 g/mol. The van der Waals surface area contributed by atoms with Crippen molar-refractivity contribution in [2.45, 2.75) is 37.6 Å². The normalized spacial score (nSPS) is 14.3. The van der Waals surface area contributed by atoms with Crippen LogP contribution in [0.3, 0.4) is 0 Å². The molecule has 0 bridgehead atoms. The van der Waals surface area contributed by atoms with Crippen LogP contribution in [-0.2, 0) is 29.5 Å². The SMILES string of the molecule is O=C(O)C1(c2ccc(COc3cccc(-c4c5cccc(C(F)(F)F)c5nn4Cc4ccccc4)c3)cc2)CC1. The Labute approximate surface area is 228 Å². The van der Waals surface area contributed by atoms with Crippen molar-refractivity contribution in [1.29, 1.82) is 0 Å². The highest BCUT2D eigenvalue weighted by Gasteiger charge is 2.51. The summed E-state index contributed by atoms with van der Waals surface area (Å²) in [6.07, 6.45) is -3.25. The van der Waals surface area contributed by atoms with E-state index in [1.807, 2.05) is 60.7 Å². The number of benzene rings is 4. The fourth-order valence-electron chi connectivity index (χ4n) is 5.13. The van der Waals surface area contributed by atoms with E-state index in [9.17, 15) is 23.1 Å². The lowest BCUT2D eigenvalue weighted by molar-refractivity contribution is -0.140. The number of fused-ring (bicyclic) bond motifs is 1. The number of rotatable bonds is 8. The summed E-state index contributed by atoms with van der Waals surface area (Å²) in [5, 5.41) is 14.4. The number of alkyl halides is 3. The molecule has 0 unspecified atom stereocenters. The molecule has 1 N–H and O–H groups in total. The van der Waals surface area contributed by atoms with Crippen molar-refractivity contribution >= 4 is 16.9 Å². The molecule has 0 aliphatic heterocycles. The summed E-state index contributed by atoms with van der Waals surface area (Å²) >= 11 is 0. The van der Waals surface area contributed by atoms with Crippen LogP contribution in [0.2, 0.25) is 0 Å². The first kappa shape index (κ1) is 25.7. The zero-order valence-electron chi connectivity index (χ0n) is 21.4. The predicted molar refractivity (Wildman–Crippen MR) is 145 cm³/mol. The van der Waals surface area contributed by atoms with Crippen LogP contribution in [0, 0.1) is 0 Å². The standard InChI is InChI=1S/C32H25F3N2O3/c33-32(34,35)27-11-5-10-26-28(27)36-37(19-21-6-2-1-3-7-21)29(26)23-8-4-9-25(18-23)40-20-22-12-14-24(15-13-22)31(16-17-31)30(38)39/h1-15,18H,16-17,19-20H2,(H,38,39). The van der Waals surface area contributed by atoms with E-state index in [1.54, 1.807) is 28.9 Å². The van der Waals surface area contributed by atoms with Crippen molar-refractivity contribution in [3.8, 4) is 17.0 Å². The number of nitrogens with zero attached hydrogens (tertiary/aromatic N) is 2. The highest BCUT2D eigenvalue weighted by atomic mass is 19.4. The average Bonchev–Trinajstić information content (AvgIpc) is 3.68. The first-order chi connectivity index (χ1) is 19.2. The molecule has 1 heterocycles. The van der Waals surface area contributed by atoms with E-state index in [1.165, 1.54) is 6.07 Å². The van der Waals surface area contributed by atoms with Gasteiger partial charge in [0.05, 0.1) is 23.2 Å². The molecule has 4 aromatic carbocycles. The third-order valence-electron chi connectivity index (χ3n) is 7.43. The monoisotopic (exact) mass is 542 g/mol. The first-order valence-corrected chi connectivity index (χ1v) is 12.9. The van der Waals surface area contributed by atoms with Crippen LogP contribution in [0.25, 0.3) is 22.2 Å². The Bertz CT molecular complexity index is 1690. The quantitative estimate of drug-likeness (QED) is 0.221. The van der Waals surface area contributed by atoms with E-state index < -0.39 is 23.1 Å². The molecule has 0 atom stereocenters. The minimum Gasteiger partial charge on any atom is -0.489 e. The van der Waals surface area contributed by atoms with Gasteiger partial charge in [-0.2, -0.15) is 18.3 Å². The third kappa shape index (κ3) is 4.81. The summed E-state index contributed by atoms with van der Waals surface area (Å²) in [6.45, 7) is 0.559. The highest BCUT2D eigenvalue weighted by Crippen LogP contribution is 2.48. The number of carboxylic acids is 1. The van der Waals surface area contributed by atoms with Crippen molar-refractivity contribution in [3.63, 3.8) is 0 Å². The summed E-state index contributed by atoms with van der Waals surface area (Å²) in [4.78, 5) is 11.6. The molecule has 1 saturated carbocycles. The van der Waals surface area contributed by atoms with E-state index in [4.69, 9.17) is 4.74 Å². The zero-order valence-corrected chi connectivity index (χ0v) is 21.4. The fraction of sp³-hybridized carbons (Fsp3) is 0.188. The molecule has 0 spiro atoms. The number of hydrogen-bond donors (Lipinski definition) is 1. The highest BCUT2D eigenvalue weighted by molar-refractivity contribution is 5.95. The molecule has 6 rings (SSSR count). The number of ether oxygens (including phenoxy) is 1. The maximum absolute atomic E-state index is 13.8. The fourth-order valence-corrected chi connectivity index (χ4v) is 5.13. The van der Waals surface area contributed by atoms with Crippen LogP contribution < -0.4 is 4.74 Å². The van der Waals surface area contributed by atoms with Crippen molar-refractivity contribution in [2.24, 2.45) is 0 Å². The van der Waals surface area contributed by atoms with Gasteiger partial charge in [-0.3, -0.25) is 9.48 Å². The number of aliphatic carboxylic acids is 1. The number of aromatic nitrogens is 2. The Hall–Kier alpha value is -4.59. The largest absolute Gasteiger partial charge is 0.489 e. The van der Waals surface area contributed by atoms with Gasteiger partial charge in [0, 0.05) is 10.9 Å². The lowest BCUT2D eigenvalue weighted by Crippen LogP contribution is -2.19. The molecule has 8 heteroatoms. The number of hydrogen-bond acceptors (Lipinski definition) is 3. The molecule has 1 aliphatic carbocycles. The van der Waals surface area contributed by atoms with Crippen molar-refractivity contribution in [3.05, 3.63) is 119 Å². The molecular formula is C32H25F3N2O3. The van der Waals surface area contributed by atoms with Gasteiger partial charge in [-0.25, -0.2) is 0 Å². The second-order valence-electron chi connectivity index (χ2n) is 10.1. The van der Waals surface area contributed by atoms with Crippen LogP contribution in [0.5, 0.6) is 5.75 Å². The number of carbonyl (C=O) groups is 1.